The highest BCUT2D eigenvalue weighted by atomic mass is 16.5. The van der Waals surface area contributed by atoms with Crippen LogP contribution < -0.4 is 0 Å². The molecule has 0 spiro atoms. The van der Waals surface area contributed by atoms with Crippen LogP contribution in [0.15, 0.2) is 0 Å². The highest BCUT2D eigenvalue weighted by Gasteiger charge is 2.01. The number of unbranched alkanes of at least 4 members (excludes halogenated alkanes) is 2. The molecule has 1 unspecified atom stereocenters. The third-order valence-electron chi connectivity index (χ3n) is 1.69. The normalized spacial score (nSPS) is 11.5. The Bertz CT molecular complexity index is 200. The molecule has 0 bridgehead atoms. The van der Waals surface area contributed by atoms with E-state index in [0.29, 0.717) is 0 Å². The quantitative estimate of drug-likeness (QED) is 0.522. The van der Waals surface area contributed by atoms with Crippen molar-refractivity contribution in [2.45, 2.75) is 38.7 Å². The molecule has 0 aliphatic heterocycles. The van der Waals surface area contributed by atoms with Gasteiger partial charge in [0.2, 0.25) is 0 Å². The number of rotatable bonds is 5. The lowest BCUT2D eigenvalue weighted by molar-refractivity contribution is -0.130. The minimum absolute atomic E-state index is 0.234. The van der Waals surface area contributed by atoms with Crippen LogP contribution in [0, 0.1) is 11.8 Å². The third kappa shape index (κ3) is 7.35. The van der Waals surface area contributed by atoms with Gasteiger partial charge in [-0.05, 0) is 12.8 Å². The number of carboxylic acid groups (broad SMARTS) is 1. The molecular weight excluding hydrogens is 168 g/mol. The van der Waals surface area contributed by atoms with Gasteiger partial charge in [-0.25, -0.2) is 4.79 Å². The maximum absolute atomic E-state index is 10.1. The Morgan fingerprint density at radius 3 is 2.69 bits per heavy atom. The summed E-state index contributed by atoms with van der Waals surface area (Å²) in [5.74, 6) is 3.52. The smallest absolute Gasteiger partial charge is 0.381 e. The van der Waals surface area contributed by atoms with Crippen LogP contribution in [-0.4, -0.2) is 24.3 Å². The number of ether oxygens (including phenoxy) is 1. The van der Waals surface area contributed by atoms with E-state index in [-0.39, 0.29) is 6.10 Å². The number of methoxy groups -OCH3 is 1. The number of hydrogen-bond acceptors (Lipinski definition) is 2. The Morgan fingerprint density at radius 2 is 2.23 bits per heavy atom. The molecule has 13 heavy (non-hydrogen) atoms. The van der Waals surface area contributed by atoms with Crippen LogP contribution in [-0.2, 0) is 9.53 Å². The fraction of sp³-hybridized carbons (Fsp3) is 0.700. The molecular formula is C10H16O3. The van der Waals surface area contributed by atoms with Crippen molar-refractivity contribution < 1.29 is 14.6 Å². The summed E-state index contributed by atoms with van der Waals surface area (Å²) in [4.78, 5) is 10.1. The monoisotopic (exact) mass is 184 g/mol. The van der Waals surface area contributed by atoms with Crippen molar-refractivity contribution in [3.63, 3.8) is 0 Å². The average Bonchev–Trinajstić information content (AvgIpc) is 2.10. The average molecular weight is 184 g/mol. The van der Waals surface area contributed by atoms with Gasteiger partial charge in [0.1, 0.15) is 6.10 Å². The first-order valence-electron chi connectivity index (χ1n) is 4.48. The van der Waals surface area contributed by atoms with E-state index in [2.05, 4.69) is 18.8 Å². The molecule has 0 aliphatic rings. The van der Waals surface area contributed by atoms with E-state index in [4.69, 9.17) is 9.84 Å². The molecule has 0 radical (unpaired) electrons. The molecule has 3 nitrogen and oxygen atoms in total. The lowest BCUT2D eigenvalue weighted by Crippen LogP contribution is -2.07. The number of carboxylic acids is 1. The second kappa shape index (κ2) is 7.63. The maximum Gasteiger partial charge on any atom is 0.381 e. The molecule has 0 aromatic carbocycles. The van der Waals surface area contributed by atoms with Gasteiger partial charge < -0.3 is 9.84 Å². The van der Waals surface area contributed by atoms with E-state index in [1.807, 2.05) is 0 Å². The van der Waals surface area contributed by atoms with E-state index in [0.717, 1.165) is 25.7 Å². The molecule has 0 heterocycles. The molecule has 0 aromatic heterocycles. The second-order valence-corrected chi connectivity index (χ2v) is 2.79. The lowest BCUT2D eigenvalue weighted by atomic mass is 10.1. The van der Waals surface area contributed by atoms with Crippen molar-refractivity contribution in [1.29, 1.82) is 0 Å². The van der Waals surface area contributed by atoms with Gasteiger partial charge in [-0.1, -0.05) is 25.7 Å². The maximum atomic E-state index is 10.1. The zero-order valence-electron chi connectivity index (χ0n) is 8.17. The number of aliphatic carboxylic acids is 1. The van der Waals surface area contributed by atoms with Crippen LogP contribution in [0.1, 0.15) is 32.6 Å². The first-order chi connectivity index (χ1) is 6.20. The molecule has 0 aromatic rings. The zero-order valence-corrected chi connectivity index (χ0v) is 8.17. The SMILES string of the molecule is CCCCCC(C#CC(=O)O)OC. The van der Waals surface area contributed by atoms with E-state index in [1.54, 1.807) is 7.11 Å². The van der Waals surface area contributed by atoms with Crippen molar-refractivity contribution in [3.05, 3.63) is 0 Å². The molecule has 1 N–H and O–H groups in total. The Labute approximate surface area is 79.1 Å². The van der Waals surface area contributed by atoms with E-state index < -0.39 is 5.97 Å². The summed E-state index contributed by atoms with van der Waals surface area (Å²) >= 11 is 0. The van der Waals surface area contributed by atoms with Crippen molar-refractivity contribution in [2.24, 2.45) is 0 Å². The van der Waals surface area contributed by atoms with Crippen LogP contribution >= 0.6 is 0 Å². The number of carbonyl (C=O) groups is 1. The molecule has 0 saturated heterocycles. The predicted octanol–water partition coefficient (Wildman–Crippen LogP) is 1.67. The Balaban J connectivity index is 3.77. The number of hydrogen-bond donors (Lipinski definition) is 1. The summed E-state index contributed by atoms with van der Waals surface area (Å²) in [5, 5.41) is 8.30. The van der Waals surface area contributed by atoms with Gasteiger partial charge in [0, 0.05) is 13.0 Å². The Hall–Kier alpha value is -1.01. The van der Waals surface area contributed by atoms with Crippen LogP contribution in [0.2, 0.25) is 0 Å². The van der Waals surface area contributed by atoms with Gasteiger partial charge in [0.05, 0.1) is 0 Å². The fourth-order valence-corrected chi connectivity index (χ4v) is 0.971. The summed E-state index contributed by atoms with van der Waals surface area (Å²) in [5.41, 5.74) is 0. The van der Waals surface area contributed by atoms with Gasteiger partial charge in [-0.2, -0.15) is 0 Å². The van der Waals surface area contributed by atoms with E-state index >= 15 is 0 Å². The lowest BCUT2D eigenvalue weighted by Gasteiger charge is -2.06. The Kier molecular flexibility index (Phi) is 7.04. The highest BCUT2D eigenvalue weighted by Crippen LogP contribution is 2.04. The molecule has 0 aliphatic carbocycles. The molecule has 0 amide bonds. The van der Waals surface area contributed by atoms with Crippen molar-refractivity contribution >= 4 is 5.97 Å². The largest absolute Gasteiger partial charge is 0.472 e. The third-order valence-corrected chi connectivity index (χ3v) is 1.69. The van der Waals surface area contributed by atoms with Gasteiger partial charge in [0.25, 0.3) is 0 Å². The second-order valence-electron chi connectivity index (χ2n) is 2.79. The van der Waals surface area contributed by atoms with Crippen LogP contribution in [0.25, 0.3) is 0 Å². The van der Waals surface area contributed by atoms with Gasteiger partial charge >= 0.3 is 5.97 Å². The van der Waals surface area contributed by atoms with Crippen molar-refractivity contribution in [2.75, 3.05) is 7.11 Å². The van der Waals surface area contributed by atoms with Gasteiger partial charge in [-0.3, -0.25) is 0 Å². The molecule has 0 rings (SSSR count). The van der Waals surface area contributed by atoms with E-state index in [1.165, 1.54) is 0 Å². The van der Waals surface area contributed by atoms with Crippen molar-refractivity contribution in [3.8, 4) is 11.8 Å². The standard InChI is InChI=1S/C10H16O3/c1-3-4-5-6-9(13-2)7-8-10(11)12/h9H,3-6H2,1-2H3,(H,11,12). The summed E-state index contributed by atoms with van der Waals surface area (Å²) in [6, 6.07) is 0. The summed E-state index contributed by atoms with van der Waals surface area (Å²) in [7, 11) is 1.55. The molecule has 1 atom stereocenters. The molecule has 0 saturated carbocycles. The predicted molar refractivity (Wildman–Crippen MR) is 50.4 cm³/mol. The molecule has 3 heteroatoms. The van der Waals surface area contributed by atoms with Gasteiger partial charge in [-0.15, -0.1) is 0 Å². The first-order valence-corrected chi connectivity index (χ1v) is 4.48. The van der Waals surface area contributed by atoms with Crippen molar-refractivity contribution in [1.82, 2.24) is 0 Å². The minimum Gasteiger partial charge on any atom is -0.472 e. The molecule has 74 valence electrons. The minimum atomic E-state index is -1.10. The van der Waals surface area contributed by atoms with E-state index in [9.17, 15) is 4.79 Å². The summed E-state index contributed by atoms with van der Waals surface area (Å²) in [6.07, 6.45) is 3.88. The Morgan fingerprint density at radius 1 is 1.54 bits per heavy atom. The van der Waals surface area contributed by atoms with Gasteiger partial charge in [0.15, 0.2) is 0 Å². The van der Waals surface area contributed by atoms with Crippen LogP contribution in [0.4, 0.5) is 0 Å². The van der Waals surface area contributed by atoms with Crippen LogP contribution in [0.5, 0.6) is 0 Å². The summed E-state index contributed by atoms with van der Waals surface area (Å²) < 4.78 is 5.01. The summed E-state index contributed by atoms with van der Waals surface area (Å²) in [6.45, 7) is 2.12. The first kappa shape index (κ1) is 12.0. The highest BCUT2D eigenvalue weighted by molar-refractivity contribution is 5.86. The molecule has 0 fully saturated rings. The zero-order chi connectivity index (χ0) is 10.1. The fourth-order valence-electron chi connectivity index (χ4n) is 0.971. The van der Waals surface area contributed by atoms with Crippen LogP contribution in [0.3, 0.4) is 0 Å². The topological polar surface area (TPSA) is 46.5 Å².